The molecule has 0 fully saturated rings. The highest BCUT2D eigenvalue weighted by molar-refractivity contribution is 5.91. The molecule has 2 aromatic heterocycles. The van der Waals surface area contributed by atoms with Crippen molar-refractivity contribution in [3.05, 3.63) is 62.9 Å². The van der Waals surface area contributed by atoms with Crippen molar-refractivity contribution in [1.29, 1.82) is 0 Å². The third-order valence-electron chi connectivity index (χ3n) is 6.07. The summed E-state index contributed by atoms with van der Waals surface area (Å²) in [6, 6.07) is 9.46. The van der Waals surface area contributed by atoms with Crippen LogP contribution in [0.15, 0.2) is 35.1 Å². The molecule has 7 heteroatoms. The molecule has 1 atom stereocenters. The minimum Gasteiger partial charge on any atom is -0.458 e. The molecular weight excluding hydrogens is 394 g/mol. The number of carbonyl (C=O) groups is 1. The summed E-state index contributed by atoms with van der Waals surface area (Å²) in [6.45, 7) is 2.42. The molecule has 0 aliphatic carbocycles. The van der Waals surface area contributed by atoms with E-state index in [9.17, 15) is 14.7 Å². The van der Waals surface area contributed by atoms with E-state index in [1.165, 1.54) is 0 Å². The lowest BCUT2D eigenvalue weighted by molar-refractivity contribution is -0.172. The van der Waals surface area contributed by atoms with Crippen molar-refractivity contribution in [2.45, 2.75) is 32.1 Å². The van der Waals surface area contributed by atoms with Crippen molar-refractivity contribution in [1.82, 2.24) is 14.9 Å². The smallest absolute Gasteiger partial charge is 0.343 e. The van der Waals surface area contributed by atoms with Gasteiger partial charge in [-0.1, -0.05) is 37.0 Å². The lowest BCUT2D eigenvalue weighted by Gasteiger charge is -2.31. The minimum absolute atomic E-state index is 0.112. The predicted molar refractivity (Wildman–Crippen MR) is 115 cm³/mol. The quantitative estimate of drug-likeness (QED) is 0.382. The summed E-state index contributed by atoms with van der Waals surface area (Å²) in [5, 5.41) is 14.9. The lowest BCUT2D eigenvalue weighted by atomic mass is 9.86. The number of ether oxygens (including phenoxy) is 1. The van der Waals surface area contributed by atoms with Gasteiger partial charge in [0.2, 0.25) is 0 Å². The van der Waals surface area contributed by atoms with Gasteiger partial charge < -0.3 is 19.7 Å². The van der Waals surface area contributed by atoms with Gasteiger partial charge in [0.05, 0.1) is 35.6 Å². The fraction of sp³-hybridized carbons (Fsp3) is 0.292. The monoisotopic (exact) mass is 415 g/mol. The van der Waals surface area contributed by atoms with Gasteiger partial charge >= 0.3 is 5.97 Å². The summed E-state index contributed by atoms with van der Waals surface area (Å²) in [4.78, 5) is 30.5. The number of para-hydroxylation sites is 1. The summed E-state index contributed by atoms with van der Waals surface area (Å²) in [6.07, 6.45) is 0.112. The molecule has 1 aromatic carbocycles. The Morgan fingerprint density at radius 3 is 2.87 bits per heavy atom. The van der Waals surface area contributed by atoms with Gasteiger partial charge in [-0.05, 0) is 25.6 Å². The van der Waals surface area contributed by atoms with Crippen LogP contribution in [-0.2, 0) is 28.3 Å². The number of rotatable bonds is 2. The van der Waals surface area contributed by atoms with E-state index in [4.69, 9.17) is 9.72 Å². The Bertz CT molecular complexity index is 1380. The second-order valence-electron chi connectivity index (χ2n) is 7.77. The first kappa shape index (κ1) is 19.5. The van der Waals surface area contributed by atoms with Gasteiger partial charge in [-0.2, -0.15) is 0 Å². The van der Waals surface area contributed by atoms with Crippen LogP contribution in [0, 0.1) is 11.8 Å². The molecule has 4 heterocycles. The topological polar surface area (TPSA) is 93.5 Å². The number of fused-ring (bicyclic) bond motifs is 5. The van der Waals surface area contributed by atoms with Crippen molar-refractivity contribution < 1.29 is 14.6 Å². The van der Waals surface area contributed by atoms with Gasteiger partial charge in [0.1, 0.15) is 6.61 Å². The maximum atomic E-state index is 13.3. The molecule has 2 aliphatic rings. The zero-order chi connectivity index (χ0) is 21.8. The van der Waals surface area contributed by atoms with Gasteiger partial charge in [0, 0.05) is 22.1 Å². The van der Waals surface area contributed by atoms with Crippen LogP contribution in [0.3, 0.4) is 0 Å². The van der Waals surface area contributed by atoms with Crippen molar-refractivity contribution in [2.24, 2.45) is 0 Å². The number of aliphatic hydroxyl groups is 1. The molecule has 2 N–H and O–H groups in total. The summed E-state index contributed by atoms with van der Waals surface area (Å²) in [7, 11) is 1.84. The van der Waals surface area contributed by atoms with E-state index in [2.05, 4.69) is 17.2 Å². The van der Waals surface area contributed by atoms with E-state index in [1.807, 2.05) is 31.3 Å². The van der Waals surface area contributed by atoms with Gasteiger partial charge in [0.25, 0.3) is 5.56 Å². The van der Waals surface area contributed by atoms with E-state index >= 15 is 0 Å². The Kier molecular flexibility index (Phi) is 4.43. The number of benzene rings is 1. The average molecular weight is 415 g/mol. The van der Waals surface area contributed by atoms with Crippen LogP contribution in [0.2, 0.25) is 0 Å². The molecule has 0 radical (unpaired) electrons. The number of pyridine rings is 2. The molecular formula is C24H21N3O4. The standard InChI is InChI=1S/C24H21N3O4/c1-3-24(30)18-11-20-21-16(12-27(20)22(28)17(18)13-31-23(24)29)14(8-6-10-25-2)15-7-4-5-9-19(15)26-21/h4-5,7,9,11,25,30H,3,10,12-13H2,1-2H3/t24-/m0/s1. The Balaban J connectivity index is 1.81. The number of nitrogens with one attached hydrogen (secondary N) is 1. The lowest BCUT2D eigenvalue weighted by Crippen LogP contribution is -2.44. The summed E-state index contributed by atoms with van der Waals surface area (Å²) >= 11 is 0. The first-order chi connectivity index (χ1) is 15.0. The normalized spacial score (nSPS) is 18.6. The highest BCUT2D eigenvalue weighted by Gasteiger charge is 2.45. The van der Waals surface area contributed by atoms with E-state index in [0.717, 1.165) is 22.0 Å². The zero-order valence-corrected chi connectivity index (χ0v) is 17.3. The van der Waals surface area contributed by atoms with E-state index < -0.39 is 11.6 Å². The van der Waals surface area contributed by atoms with Crippen LogP contribution in [0.1, 0.15) is 35.6 Å². The van der Waals surface area contributed by atoms with Crippen molar-refractivity contribution >= 4 is 16.9 Å². The van der Waals surface area contributed by atoms with Gasteiger partial charge in [0.15, 0.2) is 5.60 Å². The number of hydrogen-bond acceptors (Lipinski definition) is 6. The number of esters is 1. The molecule has 0 bridgehead atoms. The summed E-state index contributed by atoms with van der Waals surface area (Å²) in [5.74, 6) is 5.64. The van der Waals surface area contributed by atoms with Crippen LogP contribution in [0.5, 0.6) is 0 Å². The van der Waals surface area contributed by atoms with Gasteiger partial charge in [-0.3, -0.25) is 4.79 Å². The highest BCUT2D eigenvalue weighted by atomic mass is 16.6. The van der Waals surface area contributed by atoms with Crippen LogP contribution >= 0.6 is 0 Å². The SMILES string of the molecule is CC[C@@]1(O)C(=O)OCc2c1cc1n(c2=O)Cc2c-1nc1ccccc1c2C#CCNC. The second kappa shape index (κ2) is 7.05. The van der Waals surface area contributed by atoms with Crippen LogP contribution in [0.4, 0.5) is 0 Å². The van der Waals surface area contributed by atoms with E-state index in [-0.39, 0.29) is 18.6 Å². The van der Waals surface area contributed by atoms with Gasteiger partial charge in [-0.25, -0.2) is 9.78 Å². The predicted octanol–water partition coefficient (Wildman–Crippen LogP) is 1.65. The fourth-order valence-corrected chi connectivity index (χ4v) is 4.39. The summed E-state index contributed by atoms with van der Waals surface area (Å²) < 4.78 is 6.77. The van der Waals surface area contributed by atoms with Crippen LogP contribution < -0.4 is 10.9 Å². The highest BCUT2D eigenvalue weighted by Crippen LogP contribution is 2.39. The maximum Gasteiger partial charge on any atom is 0.343 e. The Morgan fingerprint density at radius 2 is 2.10 bits per heavy atom. The summed E-state index contributed by atoms with van der Waals surface area (Å²) in [5.41, 5.74) is 2.25. The fourth-order valence-electron chi connectivity index (χ4n) is 4.39. The van der Waals surface area contributed by atoms with Crippen LogP contribution in [-0.4, -0.2) is 34.2 Å². The first-order valence-corrected chi connectivity index (χ1v) is 10.2. The molecule has 3 aromatic rings. The molecule has 0 spiro atoms. The van der Waals surface area contributed by atoms with Gasteiger partial charge in [-0.15, -0.1) is 0 Å². The average Bonchev–Trinajstić information content (AvgIpc) is 3.15. The Morgan fingerprint density at radius 1 is 1.29 bits per heavy atom. The van der Waals surface area contributed by atoms with Crippen molar-refractivity contribution in [3.63, 3.8) is 0 Å². The number of cyclic esters (lactones) is 1. The Labute approximate surface area is 178 Å². The molecule has 2 aliphatic heterocycles. The number of hydrogen-bond donors (Lipinski definition) is 2. The zero-order valence-electron chi connectivity index (χ0n) is 17.3. The number of aromatic nitrogens is 2. The first-order valence-electron chi connectivity index (χ1n) is 10.2. The molecule has 0 unspecified atom stereocenters. The molecule has 0 saturated carbocycles. The molecule has 0 saturated heterocycles. The van der Waals surface area contributed by atoms with Crippen molar-refractivity contribution in [2.75, 3.05) is 13.6 Å². The Hall–Kier alpha value is -3.47. The largest absolute Gasteiger partial charge is 0.458 e. The third kappa shape index (κ3) is 2.73. The maximum absolute atomic E-state index is 13.3. The van der Waals surface area contributed by atoms with E-state index in [0.29, 0.717) is 35.6 Å². The van der Waals surface area contributed by atoms with E-state index in [1.54, 1.807) is 17.6 Å². The molecule has 7 nitrogen and oxygen atoms in total. The minimum atomic E-state index is -1.84. The molecule has 5 rings (SSSR count). The molecule has 156 valence electrons. The molecule has 0 amide bonds. The number of nitrogens with zero attached hydrogens (tertiary/aromatic N) is 2. The second-order valence-corrected chi connectivity index (χ2v) is 7.77. The third-order valence-corrected chi connectivity index (χ3v) is 6.07. The van der Waals surface area contributed by atoms with Crippen LogP contribution in [0.25, 0.3) is 22.3 Å². The molecule has 31 heavy (non-hydrogen) atoms. The van der Waals surface area contributed by atoms with Crippen molar-refractivity contribution in [3.8, 4) is 23.2 Å². The number of carbonyl (C=O) groups excluding carboxylic acids is 1.